The molecule has 6 heteroatoms. The Hall–Kier alpha value is -2.50. The number of ether oxygens (including phenoxy) is 3. The van der Waals surface area contributed by atoms with Gasteiger partial charge in [0.05, 0.1) is 20.3 Å². The lowest BCUT2D eigenvalue weighted by atomic mass is 10.1. The van der Waals surface area contributed by atoms with Gasteiger partial charge in [-0.3, -0.25) is 0 Å². The van der Waals surface area contributed by atoms with Crippen LogP contribution in [0.25, 0.3) is 6.08 Å². The number of phenols is 1. The topological polar surface area (TPSA) is 82.1 Å². The zero-order valence-electron chi connectivity index (χ0n) is 12.2. The lowest BCUT2D eigenvalue weighted by molar-refractivity contribution is -0.146. The smallest absolute Gasteiger partial charge is 0.345 e. The van der Waals surface area contributed by atoms with Crippen LogP contribution >= 0.6 is 0 Å². The van der Waals surface area contributed by atoms with E-state index >= 15 is 0 Å². The number of aromatic hydroxyl groups is 1. The first-order chi connectivity index (χ1) is 10.0. The molecule has 21 heavy (non-hydrogen) atoms. The van der Waals surface area contributed by atoms with E-state index < -0.39 is 11.9 Å². The molecule has 0 fully saturated rings. The lowest BCUT2D eigenvalue weighted by Gasteiger charge is -2.08. The van der Waals surface area contributed by atoms with E-state index in [9.17, 15) is 14.7 Å². The molecule has 114 valence electrons. The molecule has 0 aromatic heterocycles. The van der Waals surface area contributed by atoms with Gasteiger partial charge in [0, 0.05) is 0 Å². The summed E-state index contributed by atoms with van der Waals surface area (Å²) in [6.07, 6.45) is 1.33. The normalized spacial score (nSPS) is 9.67. The Morgan fingerprint density at radius 1 is 1.14 bits per heavy atom. The van der Waals surface area contributed by atoms with Crippen molar-refractivity contribution in [2.24, 2.45) is 0 Å². The van der Waals surface area contributed by atoms with Crippen LogP contribution in [0.15, 0.2) is 23.8 Å². The predicted octanol–water partition coefficient (Wildman–Crippen LogP) is 1.91. The Balaban J connectivity index is 3.17. The summed E-state index contributed by atoms with van der Waals surface area (Å²) in [5.74, 6) is -1.33. The highest BCUT2D eigenvalue weighted by Crippen LogP contribution is 2.27. The quantitative estimate of drug-likeness (QED) is 0.373. The summed E-state index contributed by atoms with van der Waals surface area (Å²) < 4.78 is 14.6. The predicted molar refractivity (Wildman–Crippen MR) is 75.9 cm³/mol. The molecular formula is C15H18O6. The molecule has 0 aliphatic rings. The molecule has 1 rings (SSSR count). The third kappa shape index (κ3) is 4.52. The van der Waals surface area contributed by atoms with Crippen LogP contribution in [-0.2, 0) is 19.1 Å². The Morgan fingerprint density at radius 3 is 2.19 bits per heavy atom. The monoisotopic (exact) mass is 294 g/mol. The van der Waals surface area contributed by atoms with Crippen LogP contribution in [0.2, 0.25) is 0 Å². The summed E-state index contributed by atoms with van der Waals surface area (Å²) in [4.78, 5) is 23.6. The van der Waals surface area contributed by atoms with Crippen LogP contribution < -0.4 is 4.74 Å². The van der Waals surface area contributed by atoms with E-state index in [1.54, 1.807) is 13.8 Å². The van der Waals surface area contributed by atoms with Crippen molar-refractivity contribution in [3.63, 3.8) is 0 Å². The van der Waals surface area contributed by atoms with Crippen LogP contribution in [0.1, 0.15) is 19.4 Å². The van der Waals surface area contributed by atoms with E-state index in [-0.39, 0.29) is 30.3 Å². The minimum absolute atomic E-state index is 0.0385. The molecule has 0 saturated heterocycles. The lowest BCUT2D eigenvalue weighted by Crippen LogP contribution is -2.18. The first kappa shape index (κ1) is 16.6. The summed E-state index contributed by atoms with van der Waals surface area (Å²) in [7, 11) is 1.40. The molecule has 1 N–H and O–H groups in total. The maximum atomic E-state index is 11.8. The van der Waals surface area contributed by atoms with Crippen LogP contribution in [0.5, 0.6) is 11.5 Å². The van der Waals surface area contributed by atoms with Crippen molar-refractivity contribution in [2.75, 3.05) is 20.3 Å². The van der Waals surface area contributed by atoms with E-state index in [1.807, 2.05) is 0 Å². The third-order valence-corrected chi connectivity index (χ3v) is 2.51. The van der Waals surface area contributed by atoms with Crippen molar-refractivity contribution in [3.05, 3.63) is 29.3 Å². The molecule has 0 saturated carbocycles. The number of carbonyl (C=O) groups is 2. The highest BCUT2D eigenvalue weighted by atomic mass is 16.6. The molecule has 0 aliphatic carbocycles. The van der Waals surface area contributed by atoms with Crippen LogP contribution in [-0.4, -0.2) is 37.4 Å². The van der Waals surface area contributed by atoms with Crippen LogP contribution in [0, 0.1) is 0 Å². The van der Waals surface area contributed by atoms with E-state index in [1.165, 1.54) is 31.4 Å². The number of phenolic OH excluding ortho intramolecular Hbond substituents is 1. The van der Waals surface area contributed by atoms with Crippen LogP contribution in [0.4, 0.5) is 0 Å². The molecule has 1 aromatic carbocycles. The number of methoxy groups -OCH3 is 1. The Bertz CT molecular complexity index is 527. The second-order valence-corrected chi connectivity index (χ2v) is 3.93. The average molecular weight is 294 g/mol. The number of esters is 2. The standard InChI is InChI=1S/C15H18O6/c1-4-20-14(17)11(15(18)21-5-2)8-10-6-7-12(16)13(9-10)19-3/h6-9,16H,4-5H2,1-3H3. The minimum atomic E-state index is -0.761. The third-order valence-electron chi connectivity index (χ3n) is 2.51. The van der Waals surface area contributed by atoms with Crippen LogP contribution in [0.3, 0.4) is 0 Å². The van der Waals surface area contributed by atoms with Gasteiger partial charge in [-0.25, -0.2) is 9.59 Å². The zero-order valence-corrected chi connectivity index (χ0v) is 12.2. The fraction of sp³-hybridized carbons (Fsp3) is 0.333. The van der Waals surface area contributed by atoms with Gasteiger partial charge in [-0.15, -0.1) is 0 Å². The molecule has 0 amide bonds. The van der Waals surface area contributed by atoms with E-state index in [0.29, 0.717) is 5.56 Å². The van der Waals surface area contributed by atoms with Gasteiger partial charge in [-0.1, -0.05) is 6.07 Å². The van der Waals surface area contributed by atoms with Gasteiger partial charge in [-0.2, -0.15) is 0 Å². The average Bonchev–Trinajstić information content (AvgIpc) is 2.46. The van der Waals surface area contributed by atoms with E-state index in [2.05, 4.69) is 0 Å². The highest BCUT2D eigenvalue weighted by molar-refractivity contribution is 6.17. The Kier molecular flexibility index (Phi) is 6.26. The van der Waals surface area contributed by atoms with Crippen molar-refractivity contribution in [1.82, 2.24) is 0 Å². The van der Waals surface area contributed by atoms with Gasteiger partial charge in [0.2, 0.25) is 0 Å². The number of rotatable bonds is 6. The summed E-state index contributed by atoms with van der Waals surface area (Å²) >= 11 is 0. The van der Waals surface area contributed by atoms with Gasteiger partial charge in [0.25, 0.3) is 0 Å². The number of benzene rings is 1. The first-order valence-electron chi connectivity index (χ1n) is 6.46. The molecule has 0 atom stereocenters. The maximum absolute atomic E-state index is 11.8. The SMILES string of the molecule is CCOC(=O)C(=Cc1ccc(O)c(OC)c1)C(=O)OCC. The molecule has 0 radical (unpaired) electrons. The van der Waals surface area contributed by atoms with Gasteiger partial charge in [-0.05, 0) is 37.6 Å². The number of hydrogen-bond acceptors (Lipinski definition) is 6. The van der Waals surface area contributed by atoms with E-state index in [4.69, 9.17) is 14.2 Å². The summed E-state index contributed by atoms with van der Waals surface area (Å²) in [5, 5.41) is 9.53. The van der Waals surface area contributed by atoms with E-state index in [0.717, 1.165) is 0 Å². The van der Waals surface area contributed by atoms with Crippen molar-refractivity contribution in [3.8, 4) is 11.5 Å². The molecule has 1 aromatic rings. The molecule has 0 unspecified atom stereocenters. The zero-order chi connectivity index (χ0) is 15.8. The first-order valence-corrected chi connectivity index (χ1v) is 6.46. The second-order valence-electron chi connectivity index (χ2n) is 3.93. The fourth-order valence-corrected chi connectivity index (χ4v) is 1.57. The van der Waals surface area contributed by atoms with Crippen molar-refractivity contribution in [1.29, 1.82) is 0 Å². The largest absolute Gasteiger partial charge is 0.504 e. The molecule has 0 spiro atoms. The minimum Gasteiger partial charge on any atom is -0.504 e. The number of hydrogen-bond donors (Lipinski definition) is 1. The van der Waals surface area contributed by atoms with Gasteiger partial charge >= 0.3 is 11.9 Å². The number of carbonyl (C=O) groups excluding carboxylic acids is 2. The van der Waals surface area contributed by atoms with Crippen molar-refractivity contribution in [2.45, 2.75) is 13.8 Å². The van der Waals surface area contributed by atoms with Gasteiger partial charge < -0.3 is 19.3 Å². The maximum Gasteiger partial charge on any atom is 0.345 e. The van der Waals surface area contributed by atoms with Crippen molar-refractivity contribution >= 4 is 18.0 Å². The molecule has 0 aliphatic heterocycles. The molecule has 6 nitrogen and oxygen atoms in total. The highest BCUT2D eigenvalue weighted by Gasteiger charge is 2.21. The fourth-order valence-electron chi connectivity index (χ4n) is 1.57. The Morgan fingerprint density at radius 2 is 1.71 bits per heavy atom. The van der Waals surface area contributed by atoms with Gasteiger partial charge in [0.1, 0.15) is 5.57 Å². The summed E-state index contributed by atoms with van der Waals surface area (Å²) in [6, 6.07) is 4.43. The molecule has 0 bridgehead atoms. The Labute approximate surface area is 122 Å². The summed E-state index contributed by atoms with van der Waals surface area (Å²) in [5.41, 5.74) is 0.284. The molecule has 0 heterocycles. The van der Waals surface area contributed by atoms with Crippen molar-refractivity contribution < 1.29 is 28.9 Å². The second kappa shape index (κ2) is 7.94. The van der Waals surface area contributed by atoms with Gasteiger partial charge in [0.15, 0.2) is 11.5 Å². The molecular weight excluding hydrogens is 276 g/mol. The summed E-state index contributed by atoms with van der Waals surface area (Å²) in [6.45, 7) is 3.58.